The monoisotopic (exact) mass is 627 g/mol. The minimum absolute atomic E-state index is 0.0509. The molecule has 0 radical (unpaired) electrons. The molecule has 0 bridgehead atoms. The maximum atomic E-state index is 14.8. The third kappa shape index (κ3) is 7.63. The Kier molecular flexibility index (Phi) is 9.73. The number of hydrogen-bond donors (Lipinski definition) is 3. The molecule has 0 saturated heterocycles. The zero-order chi connectivity index (χ0) is 31.9. The van der Waals surface area contributed by atoms with E-state index in [4.69, 9.17) is 9.47 Å². The molecular weight excluding hydrogens is 592 g/mol. The zero-order valence-corrected chi connectivity index (χ0v) is 25.4. The second-order valence-corrected chi connectivity index (χ2v) is 11.3. The smallest absolute Gasteiger partial charge is 0.270 e. The molecule has 4 aromatic heterocycles. The van der Waals surface area contributed by atoms with E-state index < -0.39 is 11.6 Å². The molecule has 1 amide bonds. The molecule has 46 heavy (non-hydrogen) atoms. The number of carbonyl (C=O) groups excluding carboxylic acids is 1. The van der Waals surface area contributed by atoms with Crippen LogP contribution in [0.3, 0.4) is 0 Å². The van der Waals surface area contributed by atoms with E-state index in [0.29, 0.717) is 48.5 Å². The normalized spacial score (nSPS) is 16.3. The summed E-state index contributed by atoms with van der Waals surface area (Å²) in [5.74, 6) is -0.252. The van der Waals surface area contributed by atoms with E-state index in [-0.39, 0.29) is 29.6 Å². The van der Waals surface area contributed by atoms with Gasteiger partial charge in [0.15, 0.2) is 17.5 Å². The van der Waals surface area contributed by atoms with Crippen molar-refractivity contribution in [1.29, 1.82) is 0 Å². The number of nitrogens with zero attached hydrogens (tertiary/aromatic N) is 4. The van der Waals surface area contributed by atoms with Gasteiger partial charge in [-0.1, -0.05) is 19.1 Å². The lowest BCUT2D eigenvalue weighted by molar-refractivity contribution is 0.0882. The van der Waals surface area contributed by atoms with E-state index >= 15 is 0 Å². The fraction of sp³-hybridized carbons (Fsp3) is 0.324. The Bertz CT molecular complexity index is 1820. The number of halogens is 2. The third-order valence-corrected chi connectivity index (χ3v) is 7.96. The lowest BCUT2D eigenvalue weighted by Crippen LogP contribution is -2.42. The molecule has 12 heteroatoms. The first kappa shape index (κ1) is 31.0. The summed E-state index contributed by atoms with van der Waals surface area (Å²) in [6.45, 7) is 3.25. The van der Waals surface area contributed by atoms with Crippen molar-refractivity contribution in [2.75, 3.05) is 18.5 Å². The van der Waals surface area contributed by atoms with Crippen LogP contribution in [0, 0.1) is 11.6 Å². The average Bonchev–Trinajstić information content (AvgIpc) is 3.49. The molecule has 5 aromatic rings. The predicted molar refractivity (Wildman–Crippen MR) is 169 cm³/mol. The summed E-state index contributed by atoms with van der Waals surface area (Å²) in [7, 11) is 0. The van der Waals surface area contributed by atoms with Crippen molar-refractivity contribution >= 4 is 22.8 Å². The van der Waals surface area contributed by atoms with Gasteiger partial charge in [0, 0.05) is 35.4 Å². The van der Waals surface area contributed by atoms with Crippen LogP contribution in [0.25, 0.3) is 22.4 Å². The quantitative estimate of drug-likeness (QED) is 0.144. The van der Waals surface area contributed by atoms with Gasteiger partial charge in [-0.3, -0.25) is 9.78 Å². The van der Waals surface area contributed by atoms with E-state index in [1.165, 1.54) is 11.6 Å². The summed E-state index contributed by atoms with van der Waals surface area (Å²) in [5.41, 5.74) is 3.36. The van der Waals surface area contributed by atoms with Gasteiger partial charge in [0.1, 0.15) is 29.5 Å². The minimum Gasteiger partial charge on any atom is -0.491 e. The van der Waals surface area contributed by atoms with Crippen molar-refractivity contribution in [2.24, 2.45) is 0 Å². The molecule has 1 saturated carbocycles. The maximum absolute atomic E-state index is 14.8. The molecule has 0 aliphatic heterocycles. The van der Waals surface area contributed by atoms with Crippen molar-refractivity contribution in [2.45, 2.75) is 57.7 Å². The Morgan fingerprint density at radius 1 is 1.02 bits per heavy atom. The number of pyridine rings is 2. The average molecular weight is 628 g/mol. The second-order valence-electron chi connectivity index (χ2n) is 11.3. The van der Waals surface area contributed by atoms with Crippen molar-refractivity contribution in [3.05, 3.63) is 95.7 Å². The van der Waals surface area contributed by atoms with Gasteiger partial charge in [0.2, 0.25) is 0 Å². The maximum Gasteiger partial charge on any atom is 0.270 e. The Balaban J connectivity index is 1.01. The van der Waals surface area contributed by atoms with Gasteiger partial charge in [0.05, 0.1) is 25.6 Å². The first-order valence-corrected chi connectivity index (χ1v) is 15.4. The minimum atomic E-state index is -0.598. The summed E-state index contributed by atoms with van der Waals surface area (Å²) in [5, 5.41) is 6.78. The van der Waals surface area contributed by atoms with Crippen LogP contribution >= 0.6 is 0 Å². The number of nitrogens with one attached hydrogen (secondary N) is 3. The van der Waals surface area contributed by atoms with E-state index in [9.17, 15) is 13.6 Å². The van der Waals surface area contributed by atoms with Gasteiger partial charge in [0.25, 0.3) is 5.91 Å². The van der Waals surface area contributed by atoms with Crippen LogP contribution in [0.5, 0.6) is 5.75 Å². The molecule has 1 fully saturated rings. The van der Waals surface area contributed by atoms with Crippen molar-refractivity contribution in [1.82, 2.24) is 30.2 Å². The predicted octanol–water partition coefficient (Wildman–Crippen LogP) is 6.00. The number of H-pyrrole nitrogens is 1. The summed E-state index contributed by atoms with van der Waals surface area (Å²) >= 11 is 0. The number of rotatable bonds is 12. The summed E-state index contributed by atoms with van der Waals surface area (Å²) < 4.78 is 40.2. The number of aromatic nitrogens is 5. The van der Waals surface area contributed by atoms with Crippen LogP contribution in [-0.2, 0) is 17.8 Å². The molecule has 0 spiro atoms. The Morgan fingerprint density at radius 3 is 2.80 bits per heavy atom. The van der Waals surface area contributed by atoms with Crippen molar-refractivity contribution < 1.29 is 23.0 Å². The Morgan fingerprint density at radius 2 is 1.91 bits per heavy atom. The molecule has 0 unspecified atom stereocenters. The number of aromatic amines is 1. The second kappa shape index (κ2) is 14.4. The standard InChI is InChI=1S/C34H35F2N7O3/c1-2-21-5-3-8-26(13-21)46-12-11-45-20-22-9-10-37-30(14-22)34(44)42-25-7-4-6-24(16-25)41-33-29(36)19-40-32(43-33)28-18-39-31-27(28)15-23(35)17-38-31/h3,5,8-10,13-15,17-19,24-25H,2,4,6-7,11-12,16,20H2,1H3,(H,38,39)(H,42,44)(H,40,41,43)/t24-,25+/m1/s1. The topological polar surface area (TPSA) is 127 Å². The number of ether oxygens (including phenoxy) is 2. The zero-order valence-electron chi connectivity index (χ0n) is 25.4. The molecule has 6 rings (SSSR count). The van der Waals surface area contributed by atoms with Gasteiger partial charge >= 0.3 is 0 Å². The molecule has 238 valence electrons. The van der Waals surface area contributed by atoms with Gasteiger partial charge in [-0.2, -0.15) is 0 Å². The van der Waals surface area contributed by atoms with Gasteiger partial charge in [-0.05, 0) is 73.6 Å². The highest BCUT2D eigenvalue weighted by Gasteiger charge is 2.25. The SMILES string of the molecule is CCc1cccc(OCCOCc2ccnc(C(=O)N[C@H]3CCC[C@@H](Nc4nc(-c5c[nH]c6ncc(F)cc56)ncc4F)C3)c2)c1. The summed E-state index contributed by atoms with van der Waals surface area (Å²) in [6, 6.07) is 12.6. The summed E-state index contributed by atoms with van der Waals surface area (Å²) in [6.07, 6.45) is 9.37. The number of hydrogen-bond acceptors (Lipinski definition) is 8. The first-order valence-electron chi connectivity index (χ1n) is 15.4. The first-order chi connectivity index (χ1) is 22.4. The summed E-state index contributed by atoms with van der Waals surface area (Å²) in [4.78, 5) is 32.9. The molecule has 2 atom stereocenters. The van der Waals surface area contributed by atoms with E-state index in [2.05, 4.69) is 48.5 Å². The van der Waals surface area contributed by atoms with E-state index in [1.54, 1.807) is 18.5 Å². The van der Waals surface area contributed by atoms with Crippen LogP contribution in [0.15, 0.2) is 67.3 Å². The highest BCUT2D eigenvalue weighted by molar-refractivity contribution is 5.93. The van der Waals surface area contributed by atoms with E-state index in [1.807, 2.05) is 24.3 Å². The number of aryl methyl sites for hydroxylation is 1. The largest absolute Gasteiger partial charge is 0.491 e. The molecule has 4 heterocycles. The fourth-order valence-electron chi connectivity index (χ4n) is 5.62. The Hall–Kier alpha value is -4.97. The molecule has 1 aliphatic carbocycles. The van der Waals surface area contributed by atoms with Crippen LogP contribution in [0.1, 0.15) is 54.2 Å². The highest BCUT2D eigenvalue weighted by Crippen LogP contribution is 2.28. The lowest BCUT2D eigenvalue weighted by Gasteiger charge is -2.30. The van der Waals surface area contributed by atoms with Crippen LogP contribution in [-0.4, -0.2) is 56.1 Å². The number of anilines is 1. The molecule has 3 N–H and O–H groups in total. The number of amides is 1. The third-order valence-electron chi connectivity index (χ3n) is 7.96. The molecule has 10 nitrogen and oxygen atoms in total. The van der Waals surface area contributed by atoms with Crippen LogP contribution in [0.2, 0.25) is 0 Å². The molecule has 1 aliphatic rings. The number of benzene rings is 1. The molecule has 1 aromatic carbocycles. The van der Waals surface area contributed by atoms with Crippen LogP contribution in [0.4, 0.5) is 14.6 Å². The van der Waals surface area contributed by atoms with Gasteiger partial charge in [-0.15, -0.1) is 0 Å². The Labute approximate surface area is 265 Å². The van der Waals surface area contributed by atoms with Gasteiger partial charge < -0.3 is 25.1 Å². The van der Waals surface area contributed by atoms with Crippen LogP contribution < -0.4 is 15.4 Å². The number of fused-ring (bicyclic) bond motifs is 1. The van der Waals surface area contributed by atoms with E-state index in [0.717, 1.165) is 49.4 Å². The number of carbonyl (C=O) groups is 1. The fourth-order valence-corrected chi connectivity index (χ4v) is 5.62. The van der Waals surface area contributed by atoms with Gasteiger partial charge in [-0.25, -0.2) is 23.7 Å². The van der Waals surface area contributed by atoms with Crippen molar-refractivity contribution in [3.8, 4) is 17.1 Å². The lowest BCUT2D eigenvalue weighted by atomic mass is 9.91. The molecular formula is C34H35F2N7O3. The highest BCUT2D eigenvalue weighted by atomic mass is 19.1. The van der Waals surface area contributed by atoms with Crippen molar-refractivity contribution in [3.63, 3.8) is 0 Å².